The Labute approximate surface area is 150 Å². The topological polar surface area (TPSA) is 48.4 Å². The smallest absolute Gasteiger partial charge is 0.189 e. The van der Waals surface area contributed by atoms with Crippen molar-refractivity contribution in [2.75, 3.05) is 14.2 Å². The Hall–Kier alpha value is -2.85. The Morgan fingerprint density at radius 2 is 1.88 bits per heavy atom. The lowest BCUT2D eigenvalue weighted by atomic mass is 10.1. The molecule has 0 N–H and O–H groups in total. The zero-order chi connectivity index (χ0) is 17.8. The number of hydrogen-bond acceptors (Lipinski definition) is 4. The van der Waals surface area contributed by atoms with Gasteiger partial charge in [0.1, 0.15) is 16.7 Å². The Morgan fingerprint density at radius 1 is 1.08 bits per heavy atom. The molecule has 0 fully saturated rings. The first kappa shape index (κ1) is 17.0. The molecule has 0 aliphatic rings. The van der Waals surface area contributed by atoms with Crippen LogP contribution in [0.15, 0.2) is 54.6 Å². The first-order valence-electron chi connectivity index (χ1n) is 7.62. The monoisotopic (exact) mass is 353 g/mol. The van der Waals surface area contributed by atoms with Crippen LogP contribution in [0.25, 0.3) is 17.0 Å². The number of methoxy groups -OCH3 is 2. The van der Waals surface area contributed by atoms with Gasteiger partial charge in [-0.25, -0.2) is 4.98 Å². The molecule has 0 unspecified atom stereocenters. The number of ether oxygens (including phenoxy) is 2. The number of carbonyl (C=O) groups excluding carboxylic acids is 1. The van der Waals surface area contributed by atoms with Crippen LogP contribution in [0, 0.1) is 0 Å². The van der Waals surface area contributed by atoms with Crippen molar-refractivity contribution >= 4 is 34.4 Å². The molecule has 0 aliphatic heterocycles. The number of para-hydroxylation sites is 1. The minimum atomic E-state index is -0.164. The van der Waals surface area contributed by atoms with Crippen LogP contribution in [0.2, 0.25) is 5.15 Å². The second kappa shape index (κ2) is 7.36. The van der Waals surface area contributed by atoms with Gasteiger partial charge in [0, 0.05) is 17.0 Å². The minimum Gasteiger partial charge on any atom is -0.497 e. The molecular formula is C20H16ClNO3. The summed E-state index contributed by atoms with van der Waals surface area (Å²) in [6, 6.07) is 14.5. The van der Waals surface area contributed by atoms with Crippen LogP contribution in [0.4, 0.5) is 0 Å². The van der Waals surface area contributed by atoms with Crippen molar-refractivity contribution in [3.63, 3.8) is 0 Å². The molecule has 0 aliphatic carbocycles. The molecule has 1 aromatic heterocycles. The van der Waals surface area contributed by atoms with Gasteiger partial charge < -0.3 is 9.47 Å². The fourth-order valence-corrected chi connectivity index (χ4v) is 2.70. The van der Waals surface area contributed by atoms with E-state index in [2.05, 4.69) is 4.98 Å². The normalized spacial score (nSPS) is 11.0. The van der Waals surface area contributed by atoms with E-state index in [1.54, 1.807) is 31.4 Å². The number of rotatable bonds is 5. The van der Waals surface area contributed by atoms with E-state index in [1.807, 2.05) is 30.3 Å². The zero-order valence-corrected chi connectivity index (χ0v) is 14.6. The quantitative estimate of drug-likeness (QED) is 0.375. The molecule has 126 valence electrons. The first-order chi connectivity index (χ1) is 12.1. The molecule has 2 aromatic carbocycles. The van der Waals surface area contributed by atoms with Gasteiger partial charge in [0.15, 0.2) is 5.78 Å². The maximum absolute atomic E-state index is 12.4. The molecule has 0 saturated heterocycles. The Balaban J connectivity index is 1.93. The number of nitrogens with zero attached hydrogens (tertiary/aromatic N) is 1. The highest BCUT2D eigenvalue weighted by Gasteiger charge is 2.09. The molecule has 0 atom stereocenters. The van der Waals surface area contributed by atoms with Gasteiger partial charge in [0.05, 0.1) is 25.3 Å². The Bertz CT molecular complexity index is 966. The number of aromatic nitrogens is 1. The summed E-state index contributed by atoms with van der Waals surface area (Å²) in [5, 5.41) is 1.24. The predicted octanol–water partition coefficient (Wildman–Crippen LogP) is 4.80. The molecule has 5 heteroatoms. The van der Waals surface area contributed by atoms with E-state index >= 15 is 0 Å². The molecular weight excluding hydrogens is 338 g/mol. The van der Waals surface area contributed by atoms with Crippen molar-refractivity contribution in [3.05, 3.63) is 70.9 Å². The fraction of sp³-hybridized carbons (Fsp3) is 0.100. The summed E-state index contributed by atoms with van der Waals surface area (Å²) in [6.45, 7) is 0. The number of hydrogen-bond donors (Lipinski definition) is 0. The molecule has 3 aromatic rings. The second-order valence-corrected chi connectivity index (χ2v) is 5.68. The van der Waals surface area contributed by atoms with Crippen molar-refractivity contribution in [1.29, 1.82) is 0 Å². The van der Waals surface area contributed by atoms with Crippen molar-refractivity contribution in [2.45, 2.75) is 0 Å². The van der Waals surface area contributed by atoms with Gasteiger partial charge in [-0.3, -0.25) is 4.79 Å². The van der Waals surface area contributed by atoms with Crippen molar-refractivity contribution in [2.24, 2.45) is 0 Å². The van der Waals surface area contributed by atoms with E-state index in [-0.39, 0.29) is 5.78 Å². The first-order valence-corrected chi connectivity index (χ1v) is 8.00. The average molecular weight is 354 g/mol. The number of pyridine rings is 1. The number of allylic oxidation sites excluding steroid dienone is 1. The Kier molecular flexibility index (Phi) is 5.00. The summed E-state index contributed by atoms with van der Waals surface area (Å²) < 4.78 is 10.4. The van der Waals surface area contributed by atoms with Crippen LogP contribution in [0.5, 0.6) is 11.5 Å². The summed E-state index contributed by atoms with van der Waals surface area (Å²) in [4.78, 5) is 16.8. The molecule has 0 amide bonds. The predicted molar refractivity (Wildman–Crippen MR) is 99.7 cm³/mol. The van der Waals surface area contributed by atoms with E-state index in [0.29, 0.717) is 27.8 Å². The largest absolute Gasteiger partial charge is 0.497 e. The molecule has 1 heterocycles. The van der Waals surface area contributed by atoms with E-state index in [1.165, 1.54) is 13.2 Å². The van der Waals surface area contributed by atoms with Crippen molar-refractivity contribution in [3.8, 4) is 11.5 Å². The summed E-state index contributed by atoms with van der Waals surface area (Å²) in [5.41, 5.74) is 1.90. The van der Waals surface area contributed by atoms with Crippen LogP contribution >= 0.6 is 11.6 Å². The van der Waals surface area contributed by atoms with Gasteiger partial charge in [0.25, 0.3) is 0 Å². The third-order valence-corrected chi connectivity index (χ3v) is 4.09. The Morgan fingerprint density at radius 3 is 2.64 bits per heavy atom. The third-order valence-electron chi connectivity index (χ3n) is 3.79. The third kappa shape index (κ3) is 3.64. The zero-order valence-electron chi connectivity index (χ0n) is 13.8. The summed E-state index contributed by atoms with van der Waals surface area (Å²) >= 11 is 6.25. The summed E-state index contributed by atoms with van der Waals surface area (Å²) in [5.74, 6) is 1.08. The van der Waals surface area contributed by atoms with E-state index in [0.717, 1.165) is 10.9 Å². The van der Waals surface area contributed by atoms with Gasteiger partial charge in [0.2, 0.25) is 0 Å². The number of carbonyl (C=O) groups is 1. The lowest BCUT2D eigenvalue weighted by Gasteiger charge is -2.06. The van der Waals surface area contributed by atoms with Crippen LogP contribution < -0.4 is 9.47 Å². The van der Waals surface area contributed by atoms with Gasteiger partial charge in [-0.05, 0) is 42.5 Å². The number of ketones is 1. The number of fused-ring (bicyclic) bond motifs is 1. The SMILES string of the molecule is COc1ccc2cc(C=CC(=O)c3ccccc3OC)c(Cl)nc2c1. The molecule has 0 spiro atoms. The standard InChI is InChI=1S/C20H16ClNO3/c1-24-15-9-7-13-11-14(20(21)22-17(13)12-15)8-10-18(23)16-5-3-4-6-19(16)25-2/h3-12H,1-2H3. The van der Waals surface area contributed by atoms with Crippen LogP contribution in [0.1, 0.15) is 15.9 Å². The van der Waals surface area contributed by atoms with Crippen LogP contribution in [0.3, 0.4) is 0 Å². The van der Waals surface area contributed by atoms with E-state index in [4.69, 9.17) is 21.1 Å². The van der Waals surface area contributed by atoms with Crippen molar-refractivity contribution < 1.29 is 14.3 Å². The maximum Gasteiger partial charge on any atom is 0.189 e. The van der Waals surface area contributed by atoms with Gasteiger partial charge in [-0.1, -0.05) is 23.7 Å². The summed E-state index contributed by atoms with van der Waals surface area (Å²) in [6.07, 6.45) is 3.13. The highest BCUT2D eigenvalue weighted by atomic mass is 35.5. The van der Waals surface area contributed by atoms with Gasteiger partial charge in [-0.15, -0.1) is 0 Å². The molecule has 25 heavy (non-hydrogen) atoms. The molecule has 0 bridgehead atoms. The fourth-order valence-electron chi connectivity index (χ4n) is 2.49. The van der Waals surface area contributed by atoms with E-state index < -0.39 is 0 Å². The van der Waals surface area contributed by atoms with E-state index in [9.17, 15) is 4.79 Å². The number of benzene rings is 2. The average Bonchev–Trinajstić information content (AvgIpc) is 2.65. The molecule has 0 saturated carbocycles. The van der Waals surface area contributed by atoms with Gasteiger partial charge in [-0.2, -0.15) is 0 Å². The van der Waals surface area contributed by atoms with Crippen LogP contribution in [-0.4, -0.2) is 25.0 Å². The van der Waals surface area contributed by atoms with Gasteiger partial charge >= 0.3 is 0 Å². The lowest BCUT2D eigenvalue weighted by Crippen LogP contribution is -1.98. The lowest BCUT2D eigenvalue weighted by molar-refractivity contribution is 0.104. The number of halogens is 1. The molecule has 3 rings (SSSR count). The second-order valence-electron chi connectivity index (χ2n) is 5.32. The highest BCUT2D eigenvalue weighted by molar-refractivity contribution is 6.31. The summed E-state index contributed by atoms with van der Waals surface area (Å²) in [7, 11) is 3.14. The maximum atomic E-state index is 12.4. The molecule has 0 radical (unpaired) electrons. The minimum absolute atomic E-state index is 0.164. The van der Waals surface area contributed by atoms with Crippen LogP contribution in [-0.2, 0) is 0 Å². The van der Waals surface area contributed by atoms with Crippen molar-refractivity contribution in [1.82, 2.24) is 4.98 Å². The molecule has 4 nitrogen and oxygen atoms in total. The highest BCUT2D eigenvalue weighted by Crippen LogP contribution is 2.25.